The fourth-order valence-electron chi connectivity index (χ4n) is 6.95. The average molecular weight is 802 g/mol. The number of benzene rings is 4. The van der Waals surface area contributed by atoms with Crippen LogP contribution in [0.2, 0.25) is 0 Å². The van der Waals surface area contributed by atoms with Gasteiger partial charge in [-0.05, 0) is 131 Å². The van der Waals surface area contributed by atoms with Crippen LogP contribution in [-0.4, -0.2) is 19.3 Å². The lowest BCUT2D eigenvalue weighted by Crippen LogP contribution is -2.11. The summed E-state index contributed by atoms with van der Waals surface area (Å²) >= 11 is 5.91. The number of halogens is 5. The Bertz CT molecular complexity index is 1900. The highest BCUT2D eigenvalue weighted by Crippen LogP contribution is 2.49. The molecule has 0 bridgehead atoms. The van der Waals surface area contributed by atoms with E-state index in [-0.39, 0.29) is 23.7 Å². The minimum atomic E-state index is -0.542. The van der Waals surface area contributed by atoms with Crippen molar-refractivity contribution in [2.45, 2.75) is 65.9 Å². The molecule has 0 radical (unpaired) electrons. The van der Waals surface area contributed by atoms with Crippen LogP contribution < -0.4 is 9.47 Å². The average Bonchev–Trinajstić information content (AvgIpc) is 4.11. The molecule has 0 atom stereocenters. The molecule has 0 aliphatic heterocycles. The Morgan fingerprint density at radius 2 is 1.04 bits per heavy atom. The monoisotopic (exact) mass is 801 g/mol. The number of hydrogen-bond donors (Lipinski definition) is 1. The quantitative estimate of drug-likeness (QED) is 0.142. The Morgan fingerprint density at radius 3 is 1.40 bits per heavy atom. The van der Waals surface area contributed by atoms with Crippen molar-refractivity contribution in [3.63, 3.8) is 0 Å². The summed E-state index contributed by atoms with van der Waals surface area (Å²) in [6, 6.07) is 15.1. The van der Waals surface area contributed by atoms with Crippen molar-refractivity contribution in [1.29, 1.82) is 0 Å². The number of hydrogen-bond acceptors (Lipinski definition) is 3. The SMILES string of the molecule is COc1ccc(F)c(-c2cc(F)c(CCl)cc2C2=CCCC2(C)C)c1.COc1ccc(F)c(-c2cc(F)c(CO)cc2C2=CCCC2(C)C)c1.[3HH].[3H][3H].[3H][3H].[3H][3H].[3H][3H].[3H][3H].[3H][3H].[3H][3H].[3H][3H].[3H][3H].[3H][3H].[3H][3H].[3H][3H].[3H][3H].[3H][3H].[3H][3H]. The van der Waals surface area contributed by atoms with Crippen LogP contribution in [0.4, 0.5) is 17.6 Å². The van der Waals surface area contributed by atoms with E-state index in [1.807, 2.05) is 0 Å². The van der Waals surface area contributed by atoms with Crippen LogP contribution in [0.5, 0.6) is 11.5 Å². The third-order valence-electron chi connectivity index (χ3n) is 9.89. The fraction of sp³-hybridized carbons (Fsp3) is 0.333. The summed E-state index contributed by atoms with van der Waals surface area (Å²) in [5.74, 6) is -0.691. The van der Waals surface area contributed by atoms with Gasteiger partial charge in [0.1, 0.15) is 34.8 Å². The molecule has 0 saturated carbocycles. The van der Waals surface area contributed by atoms with Gasteiger partial charge in [0.2, 0.25) is 0 Å². The van der Waals surface area contributed by atoms with Gasteiger partial charge in [-0.25, -0.2) is 17.6 Å². The van der Waals surface area contributed by atoms with E-state index in [1.165, 1.54) is 44.6 Å². The number of aliphatic hydroxyl groups excluding tert-OH is 1. The first-order chi connectivity index (χ1) is 38.7. The summed E-state index contributed by atoms with van der Waals surface area (Å²) in [5, 5.41) is 9.46. The van der Waals surface area contributed by atoms with Gasteiger partial charge in [0.05, 0.1) is 26.7 Å². The minimum Gasteiger partial charge on any atom is -0.497 e. The molecule has 4 aromatic carbocycles. The lowest BCUT2D eigenvalue weighted by Gasteiger charge is -2.25. The largest absolute Gasteiger partial charge is 0.497 e. The van der Waals surface area contributed by atoms with E-state index in [0.717, 1.165) is 48.0 Å². The van der Waals surface area contributed by atoms with Gasteiger partial charge in [-0.3, -0.25) is 0 Å². The number of rotatable bonds is 8. The fourth-order valence-corrected chi connectivity index (χ4v) is 7.16. The molecule has 0 unspecified atom stereocenters. The van der Waals surface area contributed by atoms with Gasteiger partial charge in [-0.15, -0.1) is 11.6 Å². The Labute approximate surface area is 345 Å². The van der Waals surface area contributed by atoms with Crippen molar-refractivity contribution < 1.29 is 78.1 Å². The van der Waals surface area contributed by atoms with Gasteiger partial charge >= 0.3 is 0 Å². The van der Waals surface area contributed by atoms with Crippen LogP contribution in [0.25, 0.3) is 33.4 Å². The predicted octanol–water partition coefficient (Wildman–Crippen LogP) is 15.9. The van der Waals surface area contributed by atoms with Gasteiger partial charge in [0.25, 0.3) is 0 Å². The highest BCUT2D eigenvalue weighted by Gasteiger charge is 2.32. The summed E-state index contributed by atoms with van der Waals surface area (Å²) in [6.07, 6.45) is 8.15. The van der Waals surface area contributed by atoms with Crippen molar-refractivity contribution in [1.82, 2.24) is 0 Å². The molecule has 0 heterocycles. The van der Waals surface area contributed by atoms with E-state index in [4.69, 9.17) is 65.6 Å². The van der Waals surface area contributed by atoms with E-state index in [0.29, 0.717) is 39.3 Å². The van der Waals surface area contributed by atoms with Crippen molar-refractivity contribution in [3.05, 3.63) is 118 Å². The van der Waals surface area contributed by atoms with Crippen molar-refractivity contribution >= 4 is 22.7 Å². The maximum absolute atomic E-state index is 14.5. The molecule has 0 aromatic heterocycles. The second-order valence-electron chi connectivity index (χ2n) is 14.0. The molecule has 0 spiro atoms. The van der Waals surface area contributed by atoms with Gasteiger partial charge < -0.3 is 14.6 Å². The smallest absolute Gasteiger partial charge is 0.131 e. The number of ether oxygens (including phenoxy) is 2. The molecular formula is C42H75ClF4O3. The molecule has 0 saturated heterocycles. The molecule has 3 nitrogen and oxygen atoms in total. The van der Waals surface area contributed by atoms with E-state index >= 15 is 0 Å². The Hall–Kier alpha value is -4.07. The van der Waals surface area contributed by atoms with Crippen LogP contribution in [0.1, 0.15) is 122 Å². The predicted molar refractivity (Wildman–Crippen MR) is 228 cm³/mol. The molecule has 2 aliphatic carbocycles. The molecule has 8 heteroatoms. The summed E-state index contributed by atoms with van der Waals surface area (Å²) in [5.41, 5.74) is 5.90. The summed E-state index contributed by atoms with van der Waals surface area (Å²) < 4.78 is 218. The Balaban J connectivity index is -0.0000000796. The van der Waals surface area contributed by atoms with Gasteiger partial charge in [-0.1, -0.05) is 39.8 Å². The second-order valence-corrected chi connectivity index (χ2v) is 14.3. The molecule has 0 fully saturated rings. The second kappa shape index (κ2) is 15.0. The maximum atomic E-state index is 14.5. The lowest BCUT2D eigenvalue weighted by atomic mass is 9.79. The first-order valence-electron chi connectivity index (χ1n) is 31.7. The number of allylic oxidation sites excluding steroid dienone is 4. The molecule has 1 N–H and O–H groups in total. The molecule has 0 amide bonds. The van der Waals surface area contributed by atoms with Crippen LogP contribution in [-0.2, 0) is 12.5 Å². The van der Waals surface area contributed by atoms with E-state index in [1.54, 1.807) is 30.3 Å². The summed E-state index contributed by atoms with van der Waals surface area (Å²) in [4.78, 5) is 0. The van der Waals surface area contributed by atoms with Gasteiger partial charge in [-0.2, -0.15) is 0 Å². The van der Waals surface area contributed by atoms with Crippen molar-refractivity contribution in [3.8, 4) is 33.8 Å². The van der Waals surface area contributed by atoms with Crippen LogP contribution in [0.15, 0.2) is 72.8 Å². The summed E-state index contributed by atoms with van der Waals surface area (Å²) in [7, 11) is 3.04. The van der Waals surface area contributed by atoms with Crippen LogP contribution in [0.3, 0.4) is 0 Å². The third-order valence-corrected chi connectivity index (χ3v) is 10.2. The third kappa shape index (κ3) is 7.50. The van der Waals surface area contributed by atoms with Crippen molar-refractivity contribution in [2.75, 3.05) is 14.2 Å². The Kier molecular flexibility index (Phi) is 6.62. The minimum absolute atomic E-state index is 0. The van der Waals surface area contributed by atoms with Gasteiger partial charge in [0.15, 0.2) is 0 Å². The normalized spacial score (nSPS) is 18.4. The number of methoxy groups -OCH3 is 2. The lowest BCUT2D eigenvalue weighted by molar-refractivity contribution is 0.275. The molecule has 4 aromatic rings. The van der Waals surface area contributed by atoms with Crippen molar-refractivity contribution in [2.24, 2.45) is 10.8 Å². The topological polar surface area (TPSA) is 38.7 Å². The maximum Gasteiger partial charge on any atom is 0.131 e. The summed E-state index contributed by atoms with van der Waals surface area (Å²) in [6.45, 7) is 8.16. The molecule has 50 heavy (non-hydrogen) atoms. The zero-order valence-corrected chi connectivity index (χ0v) is 30.1. The van der Waals surface area contributed by atoms with E-state index in [9.17, 15) is 22.7 Å². The zero-order valence-electron chi connectivity index (χ0n) is 59.3. The highest BCUT2D eigenvalue weighted by molar-refractivity contribution is 6.17. The molecule has 6 rings (SSSR count). The molecular weight excluding hydrogens is 664 g/mol. The van der Waals surface area contributed by atoms with Crippen LogP contribution >= 0.6 is 11.6 Å². The standard InChI is InChI=1S/C21H21ClF2O.C21H22F2O2.16H2/c1-21(2)8-4-5-18(21)16-9-13(12-22)20(24)11-15(16)17-10-14(25-3)6-7-19(17)23;1-21(2)8-4-5-18(21)16-9-13(12-24)20(23)11-15(16)17-10-14(25-3)6-7-19(17)22;;;;;;;;;;;;;;;;/h5-7,9-11H,4,8,12H2,1-3H3;5-7,9-11,24H,4,8,12H2,1-3H3;16*1H/i;;15*1+2T;1+2. The Morgan fingerprint density at radius 1 is 0.620 bits per heavy atom. The first kappa shape index (κ1) is 22.0. The number of alkyl halides is 1. The van der Waals surface area contributed by atoms with Gasteiger partial charge in [0, 0.05) is 68.2 Å². The van der Waals surface area contributed by atoms with E-state index in [2.05, 4.69) is 39.8 Å². The number of aliphatic hydroxyl groups is 1. The zero-order chi connectivity index (χ0) is 66.4. The first-order valence-corrected chi connectivity index (χ1v) is 17.2. The highest BCUT2D eigenvalue weighted by atomic mass is 35.5. The molecule has 296 valence electrons. The van der Waals surface area contributed by atoms with E-state index < -0.39 is 29.9 Å². The van der Waals surface area contributed by atoms with Crippen LogP contribution in [0, 0.1) is 34.1 Å². The molecule has 2 aliphatic rings.